The van der Waals surface area contributed by atoms with Crippen LogP contribution in [0.3, 0.4) is 0 Å². The molecule has 0 bridgehead atoms. The van der Waals surface area contributed by atoms with E-state index < -0.39 is 11.9 Å². The van der Waals surface area contributed by atoms with Gasteiger partial charge in [0, 0.05) is 13.2 Å². The van der Waals surface area contributed by atoms with E-state index in [1.165, 1.54) is 29.2 Å². The second-order valence-corrected chi connectivity index (χ2v) is 3.06. The van der Waals surface area contributed by atoms with Gasteiger partial charge in [0.1, 0.15) is 17.6 Å². The predicted octanol–water partition coefficient (Wildman–Crippen LogP) is 0.431. The van der Waals surface area contributed by atoms with Crippen molar-refractivity contribution in [1.29, 1.82) is 0 Å². The summed E-state index contributed by atoms with van der Waals surface area (Å²) < 4.78 is 14.7. The van der Waals surface area contributed by atoms with Crippen LogP contribution in [0, 0.1) is 5.82 Å². The fraction of sp³-hybridized carbons (Fsp3) is 0.222. The van der Waals surface area contributed by atoms with Gasteiger partial charge in [0.05, 0.1) is 11.9 Å². The Hall–Kier alpha value is -1.82. The molecular weight excluding hydrogens is 199 g/mol. The summed E-state index contributed by atoms with van der Waals surface area (Å²) >= 11 is 0. The molecule has 1 N–H and O–H groups in total. The molecule has 2 aromatic heterocycles. The van der Waals surface area contributed by atoms with Crippen molar-refractivity contribution in [2.24, 2.45) is 7.05 Å². The third-order valence-corrected chi connectivity index (χ3v) is 2.08. The highest BCUT2D eigenvalue weighted by Gasteiger charge is 2.19. The van der Waals surface area contributed by atoms with E-state index in [4.69, 9.17) is 0 Å². The van der Waals surface area contributed by atoms with Crippen LogP contribution in [0.15, 0.2) is 24.5 Å². The normalized spacial score (nSPS) is 12.7. The number of aliphatic hydroxyl groups excluding tert-OH is 1. The summed E-state index contributed by atoms with van der Waals surface area (Å²) in [5.41, 5.74) is 0.371. The predicted molar refractivity (Wildman–Crippen MR) is 49.3 cm³/mol. The highest BCUT2D eigenvalue weighted by atomic mass is 19.1. The number of aliphatic hydroxyl groups is 1. The number of halogens is 1. The van der Waals surface area contributed by atoms with Gasteiger partial charge in [-0.1, -0.05) is 5.21 Å². The number of hydrogen-bond acceptors (Lipinski definition) is 4. The number of nitrogens with zero attached hydrogens (tertiary/aromatic N) is 4. The van der Waals surface area contributed by atoms with E-state index in [0.717, 1.165) is 0 Å². The van der Waals surface area contributed by atoms with Crippen molar-refractivity contribution in [1.82, 2.24) is 20.0 Å². The van der Waals surface area contributed by atoms with E-state index in [-0.39, 0.29) is 5.69 Å². The second kappa shape index (κ2) is 3.74. The van der Waals surface area contributed by atoms with Gasteiger partial charge in [0.2, 0.25) is 0 Å². The molecule has 0 aliphatic carbocycles. The van der Waals surface area contributed by atoms with Gasteiger partial charge in [-0.2, -0.15) is 0 Å². The van der Waals surface area contributed by atoms with Crippen LogP contribution in [0.5, 0.6) is 0 Å². The Kier molecular flexibility index (Phi) is 2.42. The molecule has 0 fully saturated rings. The maximum absolute atomic E-state index is 13.3. The molecule has 78 valence electrons. The zero-order valence-corrected chi connectivity index (χ0v) is 8.00. The molecule has 6 heteroatoms. The van der Waals surface area contributed by atoms with Crippen molar-refractivity contribution < 1.29 is 9.50 Å². The van der Waals surface area contributed by atoms with Crippen LogP contribution < -0.4 is 0 Å². The summed E-state index contributed by atoms with van der Waals surface area (Å²) in [6.45, 7) is 0. The number of rotatable bonds is 2. The molecule has 0 radical (unpaired) electrons. The first kappa shape index (κ1) is 9.72. The smallest absolute Gasteiger partial charge is 0.147 e. The summed E-state index contributed by atoms with van der Waals surface area (Å²) in [4.78, 5) is 3.78. The summed E-state index contributed by atoms with van der Waals surface area (Å²) in [6.07, 6.45) is 1.65. The third-order valence-electron chi connectivity index (χ3n) is 2.08. The van der Waals surface area contributed by atoms with Gasteiger partial charge in [-0.3, -0.25) is 4.98 Å². The van der Waals surface area contributed by atoms with Gasteiger partial charge in [0.25, 0.3) is 0 Å². The van der Waals surface area contributed by atoms with Crippen LogP contribution in [0.1, 0.15) is 17.5 Å². The second-order valence-electron chi connectivity index (χ2n) is 3.06. The van der Waals surface area contributed by atoms with E-state index in [1.807, 2.05) is 0 Å². The molecule has 0 aliphatic heterocycles. The van der Waals surface area contributed by atoms with Crippen molar-refractivity contribution >= 4 is 0 Å². The summed E-state index contributed by atoms with van der Waals surface area (Å²) in [5, 5.41) is 17.1. The molecule has 2 aromatic rings. The van der Waals surface area contributed by atoms with Crippen LogP contribution in [0.25, 0.3) is 0 Å². The number of pyridine rings is 1. The fourth-order valence-electron chi connectivity index (χ4n) is 1.28. The van der Waals surface area contributed by atoms with Gasteiger partial charge in [-0.05, 0) is 12.1 Å². The molecule has 0 spiro atoms. The number of aromatic nitrogens is 4. The lowest BCUT2D eigenvalue weighted by atomic mass is 10.1. The number of hydrogen-bond donors (Lipinski definition) is 1. The summed E-state index contributed by atoms with van der Waals surface area (Å²) in [7, 11) is 1.62. The minimum atomic E-state index is -1.15. The SMILES string of the molecule is Cn1nncc1C(O)c1ncccc1F. The first-order valence-corrected chi connectivity index (χ1v) is 4.33. The van der Waals surface area contributed by atoms with Crippen molar-refractivity contribution in [2.45, 2.75) is 6.10 Å². The van der Waals surface area contributed by atoms with Gasteiger partial charge in [-0.25, -0.2) is 9.07 Å². The van der Waals surface area contributed by atoms with Crippen molar-refractivity contribution in [2.75, 3.05) is 0 Å². The summed E-state index contributed by atoms with van der Waals surface area (Å²) in [6, 6.07) is 2.71. The molecule has 0 aliphatic rings. The minimum absolute atomic E-state index is 0.0251. The zero-order chi connectivity index (χ0) is 10.8. The van der Waals surface area contributed by atoms with Crippen LogP contribution in [-0.2, 0) is 7.05 Å². The average Bonchev–Trinajstić information content (AvgIpc) is 2.64. The first-order chi connectivity index (χ1) is 7.20. The molecular formula is C9H9FN4O. The van der Waals surface area contributed by atoms with E-state index in [1.54, 1.807) is 7.05 Å². The molecule has 2 rings (SSSR count). The van der Waals surface area contributed by atoms with Crippen molar-refractivity contribution in [3.05, 3.63) is 41.7 Å². The minimum Gasteiger partial charge on any atom is -0.380 e. The van der Waals surface area contributed by atoms with Crippen LogP contribution in [-0.4, -0.2) is 25.1 Å². The van der Waals surface area contributed by atoms with Gasteiger partial charge < -0.3 is 5.11 Å². The lowest BCUT2D eigenvalue weighted by molar-refractivity contribution is 0.199. The van der Waals surface area contributed by atoms with E-state index >= 15 is 0 Å². The Bertz CT molecular complexity index is 471. The Balaban J connectivity index is 2.41. The van der Waals surface area contributed by atoms with E-state index in [9.17, 15) is 9.50 Å². The standard InChI is InChI=1S/C9H9FN4O/c1-14-7(5-12-13-14)9(15)8-6(10)3-2-4-11-8/h2-5,9,15H,1H3. The monoisotopic (exact) mass is 208 g/mol. The average molecular weight is 208 g/mol. The summed E-state index contributed by atoms with van der Waals surface area (Å²) in [5.74, 6) is -0.550. The molecule has 15 heavy (non-hydrogen) atoms. The molecule has 0 aromatic carbocycles. The van der Waals surface area contributed by atoms with Crippen LogP contribution in [0.4, 0.5) is 4.39 Å². The van der Waals surface area contributed by atoms with Gasteiger partial charge in [-0.15, -0.1) is 5.10 Å². The molecule has 5 nitrogen and oxygen atoms in total. The molecule has 0 saturated carbocycles. The third kappa shape index (κ3) is 1.71. The maximum atomic E-state index is 13.3. The molecule has 1 atom stereocenters. The van der Waals surface area contributed by atoms with Gasteiger partial charge in [0.15, 0.2) is 0 Å². The topological polar surface area (TPSA) is 63.8 Å². The van der Waals surface area contributed by atoms with E-state index in [0.29, 0.717) is 5.69 Å². The van der Waals surface area contributed by atoms with Crippen molar-refractivity contribution in [3.63, 3.8) is 0 Å². The zero-order valence-electron chi connectivity index (χ0n) is 8.00. The highest BCUT2D eigenvalue weighted by Crippen LogP contribution is 2.20. The Labute approximate surface area is 85.2 Å². The number of aryl methyl sites for hydroxylation is 1. The molecule has 0 saturated heterocycles. The van der Waals surface area contributed by atoms with Crippen LogP contribution in [0.2, 0.25) is 0 Å². The largest absolute Gasteiger partial charge is 0.380 e. The fourth-order valence-corrected chi connectivity index (χ4v) is 1.28. The van der Waals surface area contributed by atoms with Crippen molar-refractivity contribution in [3.8, 4) is 0 Å². The first-order valence-electron chi connectivity index (χ1n) is 4.33. The lowest BCUT2D eigenvalue weighted by Gasteiger charge is -2.09. The molecule has 1 unspecified atom stereocenters. The Morgan fingerprint density at radius 2 is 2.33 bits per heavy atom. The Morgan fingerprint density at radius 1 is 1.53 bits per heavy atom. The Morgan fingerprint density at radius 3 is 2.93 bits per heavy atom. The quantitative estimate of drug-likeness (QED) is 0.777. The lowest BCUT2D eigenvalue weighted by Crippen LogP contribution is -2.09. The van der Waals surface area contributed by atoms with Crippen LogP contribution >= 0.6 is 0 Å². The molecule has 2 heterocycles. The van der Waals surface area contributed by atoms with E-state index in [2.05, 4.69) is 15.3 Å². The molecule has 0 amide bonds. The maximum Gasteiger partial charge on any atom is 0.147 e. The highest BCUT2D eigenvalue weighted by molar-refractivity contribution is 5.18. The van der Waals surface area contributed by atoms with Gasteiger partial charge >= 0.3 is 0 Å².